The molecule has 2 aromatic carbocycles. The van der Waals surface area contributed by atoms with Crippen LogP contribution in [-0.4, -0.2) is 28.5 Å². The first-order valence-electron chi connectivity index (χ1n) is 11.8. The second-order valence-corrected chi connectivity index (χ2v) is 9.95. The van der Waals surface area contributed by atoms with Crippen LogP contribution in [0.3, 0.4) is 0 Å². The van der Waals surface area contributed by atoms with Crippen molar-refractivity contribution in [3.8, 4) is 0 Å². The number of hydrogen-bond acceptors (Lipinski definition) is 5. The maximum atomic E-state index is 13.4. The molecule has 3 heterocycles. The van der Waals surface area contributed by atoms with Crippen molar-refractivity contribution in [2.45, 2.75) is 32.9 Å². The second-order valence-electron chi connectivity index (χ2n) is 9.03. The summed E-state index contributed by atoms with van der Waals surface area (Å²) in [6, 6.07) is 16.2. The Hall–Kier alpha value is -3.52. The number of fused-ring (bicyclic) bond motifs is 1. The van der Waals surface area contributed by atoms with Crippen LogP contribution in [0.1, 0.15) is 29.5 Å². The number of aryl methyl sites for hydroxylation is 1. The van der Waals surface area contributed by atoms with Crippen molar-refractivity contribution in [3.05, 3.63) is 92.8 Å². The molecule has 1 N–H and O–H groups in total. The molecule has 1 fully saturated rings. The minimum atomic E-state index is -0.289. The number of anilines is 1. The molecule has 1 amide bonds. The van der Waals surface area contributed by atoms with Gasteiger partial charge in [-0.1, -0.05) is 42.0 Å². The minimum absolute atomic E-state index is 0.00673. The van der Waals surface area contributed by atoms with Crippen molar-refractivity contribution in [2.75, 3.05) is 18.0 Å². The Morgan fingerprint density at radius 3 is 2.46 bits per heavy atom. The van der Waals surface area contributed by atoms with Crippen LogP contribution >= 0.6 is 11.3 Å². The Kier molecular flexibility index (Phi) is 6.63. The molecule has 2 aromatic heterocycles. The van der Waals surface area contributed by atoms with E-state index in [-0.39, 0.29) is 23.2 Å². The molecule has 0 unspecified atom stereocenters. The van der Waals surface area contributed by atoms with Gasteiger partial charge in [0.2, 0.25) is 11.9 Å². The summed E-state index contributed by atoms with van der Waals surface area (Å²) in [5.41, 5.74) is 3.78. The lowest BCUT2D eigenvalue weighted by Gasteiger charge is -2.33. The van der Waals surface area contributed by atoms with Crippen molar-refractivity contribution in [3.63, 3.8) is 0 Å². The number of amides is 1. The fourth-order valence-electron chi connectivity index (χ4n) is 4.47. The van der Waals surface area contributed by atoms with Crippen LogP contribution in [-0.2, 0) is 17.9 Å². The van der Waals surface area contributed by atoms with Crippen LogP contribution < -0.4 is 15.8 Å². The zero-order valence-electron chi connectivity index (χ0n) is 19.5. The highest BCUT2D eigenvalue weighted by Gasteiger charge is 2.27. The van der Waals surface area contributed by atoms with Gasteiger partial charge in [0.15, 0.2) is 0 Å². The summed E-state index contributed by atoms with van der Waals surface area (Å²) >= 11 is 1.42. The number of nitrogens with one attached hydrogen (secondary N) is 1. The largest absolute Gasteiger partial charge is 0.352 e. The molecule has 0 atom stereocenters. The summed E-state index contributed by atoms with van der Waals surface area (Å²) in [6.45, 7) is 4.16. The van der Waals surface area contributed by atoms with Gasteiger partial charge in [0.05, 0.1) is 12.1 Å². The molecule has 6 nitrogen and oxygen atoms in total. The number of hydrogen-bond donors (Lipinski definition) is 1. The quantitative estimate of drug-likeness (QED) is 0.433. The molecule has 0 aliphatic carbocycles. The Labute approximate surface area is 207 Å². The average Bonchev–Trinajstić information content (AvgIpc) is 3.35. The summed E-state index contributed by atoms with van der Waals surface area (Å²) in [5.74, 6) is 0.273. The van der Waals surface area contributed by atoms with Gasteiger partial charge in [0.25, 0.3) is 5.56 Å². The van der Waals surface area contributed by atoms with E-state index in [1.54, 1.807) is 16.7 Å². The molecular weight excluding hydrogens is 463 g/mol. The molecule has 180 valence electrons. The fourth-order valence-corrected chi connectivity index (χ4v) is 5.25. The number of carbonyl (C=O) groups excluding carboxylic acids is 1. The highest BCUT2D eigenvalue weighted by atomic mass is 32.1. The molecule has 5 rings (SSSR count). The molecule has 0 spiro atoms. The van der Waals surface area contributed by atoms with Crippen LogP contribution in [0.2, 0.25) is 0 Å². The molecule has 4 aromatic rings. The SMILES string of the molecule is Cc1ccc(Cn2c(N3CCC(C(=O)NCc4ccc(F)cc4)CC3)nc3ccsc3c2=O)cc1. The molecular formula is C27H27FN4O2S. The van der Waals surface area contributed by atoms with Crippen molar-refractivity contribution in [1.82, 2.24) is 14.9 Å². The lowest BCUT2D eigenvalue weighted by atomic mass is 9.96. The number of nitrogens with zero attached hydrogens (tertiary/aromatic N) is 3. The molecule has 1 aliphatic rings. The number of halogens is 1. The highest BCUT2D eigenvalue weighted by Crippen LogP contribution is 2.25. The third-order valence-electron chi connectivity index (χ3n) is 6.54. The molecule has 8 heteroatoms. The van der Waals surface area contributed by atoms with E-state index in [1.807, 2.05) is 42.6 Å². The van der Waals surface area contributed by atoms with Gasteiger partial charge in [-0.3, -0.25) is 14.2 Å². The fraction of sp³-hybridized carbons (Fsp3) is 0.296. The third-order valence-corrected chi connectivity index (χ3v) is 7.43. The summed E-state index contributed by atoms with van der Waals surface area (Å²) in [6.07, 6.45) is 1.36. The van der Waals surface area contributed by atoms with Crippen molar-refractivity contribution in [1.29, 1.82) is 0 Å². The highest BCUT2D eigenvalue weighted by molar-refractivity contribution is 7.17. The van der Waals surface area contributed by atoms with Crippen molar-refractivity contribution in [2.24, 2.45) is 5.92 Å². The summed E-state index contributed by atoms with van der Waals surface area (Å²) < 4.78 is 15.5. The zero-order valence-corrected chi connectivity index (χ0v) is 20.4. The van der Waals surface area contributed by atoms with Crippen LogP contribution in [0.25, 0.3) is 10.2 Å². The predicted molar refractivity (Wildman–Crippen MR) is 137 cm³/mol. The van der Waals surface area contributed by atoms with E-state index >= 15 is 0 Å². The van der Waals surface area contributed by atoms with E-state index in [1.165, 1.54) is 29.0 Å². The van der Waals surface area contributed by atoms with Crippen LogP contribution in [0.5, 0.6) is 0 Å². The second kappa shape index (κ2) is 10.00. The lowest BCUT2D eigenvalue weighted by Crippen LogP contribution is -2.42. The Morgan fingerprint density at radius 1 is 1.06 bits per heavy atom. The van der Waals surface area contributed by atoms with Gasteiger partial charge in [0.1, 0.15) is 10.5 Å². The summed E-state index contributed by atoms with van der Waals surface area (Å²) in [4.78, 5) is 33.1. The first-order valence-corrected chi connectivity index (χ1v) is 12.7. The van der Waals surface area contributed by atoms with Gasteiger partial charge >= 0.3 is 0 Å². The number of carbonyl (C=O) groups is 1. The van der Waals surface area contributed by atoms with E-state index < -0.39 is 0 Å². The molecule has 0 radical (unpaired) electrons. The maximum Gasteiger partial charge on any atom is 0.273 e. The first-order chi connectivity index (χ1) is 17.0. The number of rotatable bonds is 6. The van der Waals surface area contributed by atoms with Gasteiger partial charge in [-0.05, 0) is 54.5 Å². The van der Waals surface area contributed by atoms with E-state index in [9.17, 15) is 14.0 Å². The van der Waals surface area contributed by atoms with Crippen molar-refractivity contribution >= 4 is 33.4 Å². The summed E-state index contributed by atoms with van der Waals surface area (Å²) in [5, 5.41) is 4.87. The van der Waals surface area contributed by atoms with Gasteiger partial charge in [-0.25, -0.2) is 9.37 Å². The number of piperidine rings is 1. The predicted octanol–water partition coefficient (Wildman–Crippen LogP) is 4.49. The van der Waals surface area contributed by atoms with E-state index in [0.717, 1.165) is 11.1 Å². The molecule has 1 saturated heterocycles. The average molecular weight is 491 g/mol. The lowest BCUT2D eigenvalue weighted by molar-refractivity contribution is -0.125. The van der Waals surface area contributed by atoms with E-state index in [4.69, 9.17) is 4.98 Å². The smallest absolute Gasteiger partial charge is 0.273 e. The molecule has 1 aliphatic heterocycles. The van der Waals surface area contributed by atoms with Crippen LogP contribution in [0.4, 0.5) is 10.3 Å². The van der Waals surface area contributed by atoms with Gasteiger partial charge in [0, 0.05) is 25.6 Å². The minimum Gasteiger partial charge on any atom is -0.352 e. The molecule has 0 bridgehead atoms. The monoisotopic (exact) mass is 490 g/mol. The van der Waals surface area contributed by atoms with E-state index in [0.29, 0.717) is 55.2 Å². The normalized spacial score (nSPS) is 14.4. The van der Waals surface area contributed by atoms with Crippen LogP contribution in [0, 0.1) is 18.7 Å². The van der Waals surface area contributed by atoms with E-state index in [2.05, 4.69) is 10.2 Å². The number of benzene rings is 2. The number of aromatic nitrogens is 2. The molecule has 35 heavy (non-hydrogen) atoms. The van der Waals surface area contributed by atoms with Gasteiger partial charge in [-0.15, -0.1) is 11.3 Å². The first kappa shape index (κ1) is 23.2. The summed E-state index contributed by atoms with van der Waals surface area (Å²) in [7, 11) is 0. The Balaban J connectivity index is 1.30. The van der Waals surface area contributed by atoms with Gasteiger partial charge in [-0.2, -0.15) is 0 Å². The van der Waals surface area contributed by atoms with Gasteiger partial charge < -0.3 is 10.2 Å². The number of thiophene rings is 1. The zero-order chi connectivity index (χ0) is 24.4. The maximum absolute atomic E-state index is 13.4. The standard InChI is InChI=1S/C27H27FN4O2S/c1-18-2-4-20(5-3-18)17-32-26(34)24-23(12-15-35-24)30-27(32)31-13-10-21(11-14-31)25(33)29-16-19-6-8-22(28)9-7-19/h2-9,12,15,21H,10-11,13-14,16-17H2,1H3,(H,29,33). The topological polar surface area (TPSA) is 67.2 Å². The Morgan fingerprint density at radius 2 is 1.74 bits per heavy atom. The van der Waals surface area contributed by atoms with Crippen LogP contribution in [0.15, 0.2) is 64.8 Å². The third kappa shape index (κ3) is 5.12. The van der Waals surface area contributed by atoms with Crippen molar-refractivity contribution < 1.29 is 9.18 Å². The Bertz CT molecular complexity index is 1390. The molecule has 0 saturated carbocycles.